The first-order valence-corrected chi connectivity index (χ1v) is 10.6. The summed E-state index contributed by atoms with van der Waals surface area (Å²) in [6.07, 6.45) is 1.81. The fourth-order valence-corrected chi connectivity index (χ4v) is 3.68. The first kappa shape index (κ1) is 23.1. The summed E-state index contributed by atoms with van der Waals surface area (Å²) in [5, 5.41) is 23.9. The molecule has 2 heterocycles. The van der Waals surface area contributed by atoms with Crippen LogP contribution in [0.5, 0.6) is 11.5 Å². The van der Waals surface area contributed by atoms with E-state index in [4.69, 9.17) is 26.2 Å². The Bertz CT molecular complexity index is 1390. The summed E-state index contributed by atoms with van der Waals surface area (Å²) in [4.78, 5) is 8.78. The van der Waals surface area contributed by atoms with E-state index in [9.17, 15) is 9.65 Å². The highest BCUT2D eigenvalue weighted by Gasteiger charge is 2.30. The number of hydrogen-bond acceptors (Lipinski definition) is 10. The van der Waals surface area contributed by atoms with E-state index in [0.29, 0.717) is 34.8 Å². The SMILES string of the molecule is CCOc1cc(C2N=C(NC#N)Nc3nc(N)c(C#N)c(N)c32)ccc1OCc1ccccc1F. The second-order valence-corrected chi connectivity index (χ2v) is 7.42. The molecule has 0 radical (unpaired) electrons. The smallest absolute Gasteiger partial charge is 0.211 e. The number of ether oxygens (including phenoxy) is 2. The van der Waals surface area contributed by atoms with E-state index in [1.807, 2.05) is 19.2 Å². The van der Waals surface area contributed by atoms with Crippen molar-refractivity contribution < 1.29 is 13.9 Å². The Morgan fingerprint density at radius 2 is 1.94 bits per heavy atom. The molecule has 2 aromatic carbocycles. The van der Waals surface area contributed by atoms with Crippen LogP contribution in [-0.2, 0) is 6.61 Å². The van der Waals surface area contributed by atoms with Gasteiger partial charge in [-0.1, -0.05) is 24.3 Å². The normalized spacial score (nSPS) is 13.9. The molecule has 0 saturated heterocycles. The number of nitriles is 2. The Balaban J connectivity index is 1.76. The minimum absolute atomic E-state index is 0.0122. The van der Waals surface area contributed by atoms with E-state index in [2.05, 4.69) is 20.6 Å². The number of nitrogens with one attached hydrogen (secondary N) is 2. The zero-order valence-corrected chi connectivity index (χ0v) is 18.7. The lowest BCUT2D eigenvalue weighted by Crippen LogP contribution is -2.32. The summed E-state index contributed by atoms with van der Waals surface area (Å²) in [6, 6.07) is 12.7. The van der Waals surface area contributed by atoms with E-state index in [1.54, 1.807) is 36.4 Å². The van der Waals surface area contributed by atoms with Gasteiger partial charge in [0.1, 0.15) is 41.7 Å². The molecule has 1 aromatic heterocycles. The Morgan fingerprint density at radius 3 is 2.66 bits per heavy atom. The molecule has 0 amide bonds. The monoisotopic (exact) mass is 472 g/mol. The number of aliphatic imine (C=N–C) groups is 1. The molecule has 0 aliphatic carbocycles. The topological polar surface area (TPSA) is 167 Å². The van der Waals surface area contributed by atoms with Crippen LogP contribution in [0, 0.1) is 28.6 Å². The predicted octanol–water partition coefficient (Wildman–Crippen LogP) is 3.18. The molecular formula is C24H21FN8O2. The zero-order chi connectivity index (χ0) is 24.9. The Kier molecular flexibility index (Phi) is 6.51. The molecule has 0 spiro atoms. The molecule has 10 nitrogen and oxygen atoms in total. The number of aromatic nitrogens is 1. The molecule has 6 N–H and O–H groups in total. The maximum atomic E-state index is 14.0. The third-order valence-corrected chi connectivity index (χ3v) is 5.28. The minimum Gasteiger partial charge on any atom is -0.490 e. The van der Waals surface area contributed by atoms with E-state index in [0.717, 1.165) is 0 Å². The largest absolute Gasteiger partial charge is 0.490 e. The van der Waals surface area contributed by atoms with Crippen molar-refractivity contribution in [2.45, 2.75) is 19.6 Å². The van der Waals surface area contributed by atoms with Crippen LogP contribution in [0.2, 0.25) is 0 Å². The number of benzene rings is 2. The zero-order valence-electron chi connectivity index (χ0n) is 18.7. The summed E-state index contributed by atoms with van der Waals surface area (Å²) >= 11 is 0. The first-order chi connectivity index (χ1) is 17.0. The van der Waals surface area contributed by atoms with Crippen LogP contribution in [0.25, 0.3) is 0 Å². The lowest BCUT2D eigenvalue weighted by Gasteiger charge is -2.26. The van der Waals surface area contributed by atoms with Crippen LogP contribution in [0.1, 0.15) is 35.2 Å². The van der Waals surface area contributed by atoms with Gasteiger partial charge in [0.25, 0.3) is 0 Å². The highest BCUT2D eigenvalue weighted by Crippen LogP contribution is 2.42. The fourth-order valence-electron chi connectivity index (χ4n) is 3.68. The van der Waals surface area contributed by atoms with Crippen LogP contribution in [-0.4, -0.2) is 17.6 Å². The number of pyridine rings is 1. The number of guanidine groups is 1. The van der Waals surface area contributed by atoms with E-state index in [1.165, 1.54) is 6.07 Å². The summed E-state index contributed by atoms with van der Waals surface area (Å²) in [6.45, 7) is 2.19. The third-order valence-electron chi connectivity index (χ3n) is 5.28. The molecular weight excluding hydrogens is 451 g/mol. The number of nitrogens with two attached hydrogens (primary N) is 2. The van der Waals surface area contributed by atoms with Gasteiger partial charge in [-0.3, -0.25) is 5.32 Å². The number of halogens is 1. The fraction of sp³-hybridized carbons (Fsp3) is 0.167. The maximum absolute atomic E-state index is 14.0. The lowest BCUT2D eigenvalue weighted by molar-refractivity contribution is 0.265. The van der Waals surface area contributed by atoms with Crippen LogP contribution >= 0.6 is 0 Å². The van der Waals surface area contributed by atoms with Crippen molar-refractivity contribution in [2.24, 2.45) is 4.99 Å². The van der Waals surface area contributed by atoms with Gasteiger partial charge in [0.05, 0.1) is 12.3 Å². The van der Waals surface area contributed by atoms with Crippen molar-refractivity contribution in [1.82, 2.24) is 10.3 Å². The Morgan fingerprint density at radius 1 is 1.14 bits per heavy atom. The molecule has 3 aromatic rings. The predicted molar refractivity (Wildman–Crippen MR) is 128 cm³/mol. The van der Waals surface area contributed by atoms with Gasteiger partial charge >= 0.3 is 0 Å². The van der Waals surface area contributed by atoms with E-state index < -0.39 is 6.04 Å². The van der Waals surface area contributed by atoms with Gasteiger partial charge < -0.3 is 26.3 Å². The van der Waals surface area contributed by atoms with Gasteiger partial charge in [-0.2, -0.15) is 10.5 Å². The average molecular weight is 472 g/mol. The molecule has 11 heteroatoms. The first-order valence-electron chi connectivity index (χ1n) is 10.6. The van der Waals surface area contributed by atoms with Gasteiger partial charge in [0, 0.05) is 11.1 Å². The van der Waals surface area contributed by atoms with Gasteiger partial charge in [0.2, 0.25) is 5.96 Å². The van der Waals surface area contributed by atoms with Crippen LogP contribution in [0.15, 0.2) is 47.5 Å². The second-order valence-electron chi connectivity index (χ2n) is 7.42. The molecule has 35 heavy (non-hydrogen) atoms. The van der Waals surface area contributed by atoms with Gasteiger partial charge in [0.15, 0.2) is 17.7 Å². The standard InChI is InChI=1S/C24H21FN8O2/c1-2-34-18-9-13(7-8-17(18)35-11-14-5-3-4-6-16(14)25)21-19-20(28)15(10-26)22(29)32-23(19)33-24(31-21)30-12-27/h3-9,21H,2,11H2,1H3,(H6,28,29,30,31,32,33). The van der Waals surface area contributed by atoms with Crippen molar-refractivity contribution in [1.29, 1.82) is 10.5 Å². The van der Waals surface area contributed by atoms with Crippen LogP contribution in [0.3, 0.4) is 0 Å². The number of nitrogens with zero attached hydrogens (tertiary/aromatic N) is 4. The van der Waals surface area contributed by atoms with Crippen molar-refractivity contribution >= 4 is 23.3 Å². The number of hydrogen-bond donors (Lipinski definition) is 4. The molecule has 176 valence electrons. The molecule has 4 rings (SSSR count). The van der Waals surface area contributed by atoms with Crippen LogP contribution < -0.4 is 31.6 Å². The lowest BCUT2D eigenvalue weighted by atomic mass is 9.95. The maximum Gasteiger partial charge on any atom is 0.211 e. The van der Waals surface area contributed by atoms with Crippen molar-refractivity contribution in [3.8, 4) is 23.8 Å². The summed E-state index contributed by atoms with van der Waals surface area (Å²) < 4.78 is 25.6. The van der Waals surface area contributed by atoms with Crippen LogP contribution in [0.4, 0.5) is 21.7 Å². The van der Waals surface area contributed by atoms with Crippen molar-refractivity contribution in [3.05, 3.63) is 70.5 Å². The Labute approximate surface area is 200 Å². The van der Waals surface area contributed by atoms with E-state index >= 15 is 0 Å². The second kappa shape index (κ2) is 9.85. The highest BCUT2D eigenvalue weighted by atomic mass is 19.1. The molecule has 0 fully saturated rings. The molecule has 0 bridgehead atoms. The van der Waals surface area contributed by atoms with Crippen molar-refractivity contribution in [3.63, 3.8) is 0 Å². The molecule has 0 saturated carbocycles. The van der Waals surface area contributed by atoms with Gasteiger partial charge in [-0.25, -0.2) is 14.4 Å². The quantitative estimate of drug-likeness (QED) is 0.311. The molecule has 1 aliphatic heterocycles. The summed E-state index contributed by atoms with van der Waals surface area (Å²) in [5.74, 6) is 0.826. The number of anilines is 3. The van der Waals surface area contributed by atoms with Crippen molar-refractivity contribution in [2.75, 3.05) is 23.4 Å². The summed E-state index contributed by atoms with van der Waals surface area (Å²) in [7, 11) is 0. The minimum atomic E-state index is -0.734. The highest BCUT2D eigenvalue weighted by molar-refractivity contribution is 5.98. The number of nitrogen functional groups attached to an aromatic ring is 2. The average Bonchev–Trinajstić information content (AvgIpc) is 2.84. The van der Waals surface area contributed by atoms with Gasteiger partial charge in [-0.05, 0) is 30.7 Å². The third kappa shape index (κ3) is 4.56. The summed E-state index contributed by atoms with van der Waals surface area (Å²) in [5.41, 5.74) is 13.8. The molecule has 1 atom stereocenters. The number of rotatable bonds is 6. The van der Waals surface area contributed by atoms with E-state index in [-0.39, 0.29) is 41.3 Å². The van der Waals surface area contributed by atoms with Gasteiger partial charge in [-0.15, -0.1) is 0 Å². The molecule has 1 unspecified atom stereocenters. The molecule has 1 aliphatic rings. The Hall–Kier alpha value is -5.03. The number of fused-ring (bicyclic) bond motifs is 1.